The number of hydrogen-bond acceptors (Lipinski definition) is 5. The molecule has 0 aromatic heterocycles. The molecule has 4 atom stereocenters. The quantitative estimate of drug-likeness (QED) is 0.658. The van der Waals surface area contributed by atoms with Crippen LogP contribution in [0.4, 0.5) is 0 Å². The molecule has 2 aliphatic rings. The summed E-state index contributed by atoms with van der Waals surface area (Å²) in [5.74, 6) is -4.02. The number of likely N-dealkylation sites (tertiary alicyclic amines) is 1. The van der Waals surface area contributed by atoms with E-state index in [1.807, 2.05) is 6.92 Å². The maximum atomic E-state index is 12.9. The smallest absolute Gasteiger partial charge is 0.240 e. The van der Waals surface area contributed by atoms with Gasteiger partial charge in [0, 0.05) is 6.54 Å². The number of para-hydroxylation sites is 1. The van der Waals surface area contributed by atoms with Gasteiger partial charge < -0.3 is 20.3 Å². The van der Waals surface area contributed by atoms with Crippen LogP contribution in [0.25, 0.3) is 0 Å². The number of unbranched alkanes of at least 4 members (excludes halogenated alkanes) is 1. The zero-order valence-corrected chi connectivity index (χ0v) is 14.3. The van der Waals surface area contributed by atoms with Gasteiger partial charge in [-0.1, -0.05) is 25.5 Å². The first-order chi connectivity index (χ1) is 11.8. The summed E-state index contributed by atoms with van der Waals surface area (Å²) in [4.78, 5) is 38.7. The summed E-state index contributed by atoms with van der Waals surface area (Å²) in [5, 5.41) is 23.5. The molecule has 0 aliphatic carbocycles. The first kappa shape index (κ1) is 17.4. The Morgan fingerprint density at radius 2 is 2.00 bits per heavy atom. The van der Waals surface area contributed by atoms with Gasteiger partial charge in [-0.25, -0.2) is 0 Å². The first-order valence-electron chi connectivity index (χ1n) is 8.53. The minimum Gasteiger partial charge on any atom is -0.544 e. The minimum absolute atomic E-state index is 0.0163. The summed E-state index contributed by atoms with van der Waals surface area (Å²) in [6.07, 6.45) is 1.49. The zero-order valence-electron chi connectivity index (χ0n) is 14.3. The molecule has 7 heteroatoms. The number of carbonyl (C=O) groups excluding carboxylic acids is 3. The van der Waals surface area contributed by atoms with Crippen molar-refractivity contribution >= 4 is 17.8 Å². The largest absolute Gasteiger partial charge is 0.544 e. The third-order valence-corrected chi connectivity index (χ3v) is 5.47. The van der Waals surface area contributed by atoms with Crippen molar-refractivity contribution in [2.45, 2.75) is 38.3 Å². The first-order valence-corrected chi connectivity index (χ1v) is 8.53. The molecule has 2 fully saturated rings. The van der Waals surface area contributed by atoms with E-state index < -0.39 is 35.3 Å². The maximum Gasteiger partial charge on any atom is 0.240 e. The summed E-state index contributed by atoms with van der Waals surface area (Å²) in [6.45, 7) is 3.67. The molecule has 0 saturated carbocycles. The molecule has 2 amide bonds. The summed E-state index contributed by atoms with van der Waals surface area (Å²) in [7, 11) is 0. The Kier molecular flexibility index (Phi) is 4.28. The van der Waals surface area contributed by atoms with E-state index in [0.29, 0.717) is 12.0 Å². The average molecular weight is 346 g/mol. The number of aromatic hydroxyl groups is 1. The molecule has 3 N–H and O–H groups in total. The minimum atomic E-state index is -1.55. The number of phenolic OH excluding ortho intramolecular Hbond substituents is 1. The van der Waals surface area contributed by atoms with Crippen LogP contribution in [0.15, 0.2) is 24.3 Å². The standard InChI is InChI=1S/C18H22N2O5/c1-3-4-9-20-15(22)12-13(16(20)23)18(2,17(24)25)19-14(12)10-7-5-6-8-11(10)21/h5-8,12-14,19,21H,3-4,9H2,1-2H3,(H,24,25)/t12-,13+,14-,18-/m1/s1. The van der Waals surface area contributed by atoms with Crippen LogP contribution in [0.2, 0.25) is 0 Å². The Morgan fingerprint density at radius 3 is 2.60 bits per heavy atom. The number of benzene rings is 1. The Bertz CT molecular complexity index is 734. The van der Waals surface area contributed by atoms with Gasteiger partial charge in [-0.2, -0.15) is 0 Å². The molecule has 0 radical (unpaired) electrons. The number of carbonyl (C=O) groups is 3. The van der Waals surface area contributed by atoms with Crippen molar-refractivity contribution < 1.29 is 29.9 Å². The Labute approximate surface area is 145 Å². The topological polar surface area (TPSA) is 114 Å². The fraction of sp³-hybridized carbons (Fsp3) is 0.500. The van der Waals surface area contributed by atoms with Crippen LogP contribution in [-0.4, -0.2) is 39.9 Å². The van der Waals surface area contributed by atoms with Crippen LogP contribution in [0.3, 0.4) is 0 Å². The zero-order chi connectivity index (χ0) is 18.4. The number of aliphatic carboxylic acids is 1. The summed E-state index contributed by atoms with van der Waals surface area (Å²) in [6, 6.07) is 5.86. The van der Waals surface area contributed by atoms with Crippen molar-refractivity contribution in [3.05, 3.63) is 29.8 Å². The number of quaternary nitrogens is 1. The maximum absolute atomic E-state index is 12.9. The van der Waals surface area contributed by atoms with Crippen LogP contribution in [0.1, 0.15) is 38.3 Å². The second-order valence-electron chi connectivity index (χ2n) is 7.01. The van der Waals surface area contributed by atoms with Gasteiger partial charge in [-0.3, -0.25) is 14.5 Å². The molecule has 7 nitrogen and oxygen atoms in total. The van der Waals surface area contributed by atoms with Gasteiger partial charge in [-0.15, -0.1) is 0 Å². The Balaban J connectivity index is 2.06. The highest BCUT2D eigenvalue weighted by Gasteiger charge is 2.68. The monoisotopic (exact) mass is 346 g/mol. The van der Waals surface area contributed by atoms with Gasteiger partial charge in [0.2, 0.25) is 11.8 Å². The lowest BCUT2D eigenvalue weighted by atomic mass is 9.80. The molecule has 1 aromatic carbocycles. The third kappa shape index (κ3) is 2.50. The second kappa shape index (κ2) is 6.15. The van der Waals surface area contributed by atoms with Crippen molar-refractivity contribution in [2.75, 3.05) is 6.54 Å². The number of amides is 2. The van der Waals surface area contributed by atoms with Crippen LogP contribution in [0.5, 0.6) is 5.75 Å². The predicted molar refractivity (Wildman–Crippen MR) is 84.8 cm³/mol. The highest BCUT2D eigenvalue weighted by atomic mass is 16.4. The molecule has 0 unspecified atom stereocenters. The summed E-state index contributed by atoms with van der Waals surface area (Å²) < 4.78 is 0. The molecular formula is C18H22N2O5. The van der Waals surface area contributed by atoms with Crippen LogP contribution in [0, 0.1) is 11.8 Å². The number of carboxylic acids is 1. The molecule has 1 aromatic rings. The molecule has 2 saturated heterocycles. The molecular weight excluding hydrogens is 324 g/mol. The summed E-state index contributed by atoms with van der Waals surface area (Å²) in [5.41, 5.74) is -1.09. The molecule has 2 aliphatic heterocycles. The number of fused-ring (bicyclic) bond motifs is 1. The predicted octanol–water partition coefficient (Wildman–Crippen LogP) is -1.08. The van der Waals surface area contributed by atoms with Crippen molar-refractivity contribution in [3.63, 3.8) is 0 Å². The number of nitrogens with two attached hydrogens (primary N) is 1. The van der Waals surface area contributed by atoms with Gasteiger partial charge in [0.05, 0.1) is 5.56 Å². The van der Waals surface area contributed by atoms with Gasteiger partial charge >= 0.3 is 0 Å². The van der Waals surface area contributed by atoms with Crippen LogP contribution >= 0.6 is 0 Å². The van der Waals surface area contributed by atoms with Gasteiger partial charge in [-0.05, 0) is 25.5 Å². The number of phenols is 1. The Morgan fingerprint density at radius 1 is 1.32 bits per heavy atom. The molecule has 134 valence electrons. The van der Waals surface area contributed by atoms with E-state index in [4.69, 9.17) is 0 Å². The van der Waals surface area contributed by atoms with Crippen molar-refractivity contribution in [3.8, 4) is 5.75 Å². The summed E-state index contributed by atoms with van der Waals surface area (Å²) >= 11 is 0. The lowest BCUT2D eigenvalue weighted by Gasteiger charge is -2.29. The number of imide groups is 1. The van der Waals surface area contributed by atoms with E-state index in [1.165, 1.54) is 23.2 Å². The Hall–Kier alpha value is -2.41. The third-order valence-electron chi connectivity index (χ3n) is 5.47. The van der Waals surface area contributed by atoms with E-state index in [2.05, 4.69) is 0 Å². The number of nitrogens with zero attached hydrogens (tertiary/aromatic N) is 1. The number of hydrogen-bond donors (Lipinski definition) is 2. The van der Waals surface area contributed by atoms with E-state index in [0.717, 1.165) is 6.42 Å². The normalized spacial score (nSPS) is 31.4. The number of carboxylic acid groups (broad SMARTS) is 1. The van der Waals surface area contributed by atoms with Gasteiger partial charge in [0.1, 0.15) is 35.1 Å². The van der Waals surface area contributed by atoms with Crippen LogP contribution < -0.4 is 10.4 Å². The molecule has 0 bridgehead atoms. The van der Waals surface area contributed by atoms with E-state index >= 15 is 0 Å². The van der Waals surface area contributed by atoms with Gasteiger partial charge in [0.25, 0.3) is 0 Å². The highest BCUT2D eigenvalue weighted by Crippen LogP contribution is 2.45. The fourth-order valence-electron chi connectivity index (χ4n) is 4.11. The van der Waals surface area contributed by atoms with Crippen molar-refractivity contribution in [1.82, 2.24) is 4.90 Å². The van der Waals surface area contributed by atoms with Crippen molar-refractivity contribution in [1.29, 1.82) is 0 Å². The fourth-order valence-corrected chi connectivity index (χ4v) is 4.11. The van der Waals surface area contributed by atoms with E-state index in [1.54, 1.807) is 18.2 Å². The molecule has 25 heavy (non-hydrogen) atoms. The second-order valence-corrected chi connectivity index (χ2v) is 7.01. The van der Waals surface area contributed by atoms with Crippen molar-refractivity contribution in [2.24, 2.45) is 11.8 Å². The van der Waals surface area contributed by atoms with Crippen LogP contribution in [-0.2, 0) is 14.4 Å². The lowest BCUT2D eigenvalue weighted by Crippen LogP contribution is -2.98. The SMILES string of the molecule is CCCCN1C(=O)[C@H]2[C@@H](c3ccccc3O)[NH2+][C@@](C)(C(=O)[O-])[C@@H]2C1=O. The molecule has 0 spiro atoms. The number of rotatable bonds is 5. The van der Waals surface area contributed by atoms with E-state index in [-0.39, 0.29) is 18.2 Å². The lowest BCUT2D eigenvalue weighted by molar-refractivity contribution is -0.735. The average Bonchev–Trinajstić information content (AvgIpc) is 3.02. The molecule has 3 rings (SSSR count). The van der Waals surface area contributed by atoms with Gasteiger partial charge in [0.15, 0.2) is 0 Å². The molecule has 2 heterocycles. The van der Waals surface area contributed by atoms with E-state index in [9.17, 15) is 24.6 Å². The highest BCUT2D eigenvalue weighted by molar-refractivity contribution is 6.08.